The molecule has 2 aliphatic rings. The number of primary amides is 1. The van der Waals surface area contributed by atoms with Crippen molar-refractivity contribution in [3.8, 4) is 0 Å². The number of benzene rings is 1. The molecule has 1 aromatic heterocycles. The first-order chi connectivity index (χ1) is 15.8. The number of carbonyl (C=O) groups excluding carboxylic acids is 1. The Labute approximate surface area is 190 Å². The highest BCUT2D eigenvalue weighted by Crippen LogP contribution is 2.32. The molecule has 1 amide bonds. The quantitative estimate of drug-likeness (QED) is 0.443. The molecule has 0 aliphatic carbocycles. The van der Waals surface area contributed by atoms with Crippen LogP contribution in [-0.2, 0) is 4.79 Å². The number of aromatic nitrogens is 1. The van der Waals surface area contributed by atoms with E-state index in [0.29, 0.717) is 36.7 Å². The highest BCUT2D eigenvalue weighted by atomic mass is 19.1. The number of nitro groups is 1. The fraction of sp³-hybridized carbons (Fsp3) is 0.455. The van der Waals surface area contributed by atoms with E-state index >= 15 is 0 Å². The minimum absolute atomic E-state index is 0.0475. The van der Waals surface area contributed by atoms with E-state index in [1.165, 1.54) is 12.1 Å². The molecule has 33 heavy (non-hydrogen) atoms. The van der Waals surface area contributed by atoms with Gasteiger partial charge in [-0.1, -0.05) is 0 Å². The van der Waals surface area contributed by atoms with Gasteiger partial charge in [-0.2, -0.15) is 0 Å². The topological polar surface area (TPSA) is 144 Å². The zero-order valence-electron chi connectivity index (χ0n) is 18.2. The summed E-state index contributed by atoms with van der Waals surface area (Å²) in [7, 11) is 0. The van der Waals surface area contributed by atoms with E-state index in [-0.39, 0.29) is 29.4 Å². The molecule has 0 saturated carbocycles. The summed E-state index contributed by atoms with van der Waals surface area (Å²) in [5, 5.41) is 14.4. The number of rotatable bonds is 6. The third-order valence-corrected chi connectivity index (χ3v) is 6.29. The zero-order chi connectivity index (χ0) is 23.5. The predicted molar refractivity (Wildman–Crippen MR) is 124 cm³/mol. The average molecular weight is 458 g/mol. The summed E-state index contributed by atoms with van der Waals surface area (Å²) in [5.74, 6) is -0.527. The van der Waals surface area contributed by atoms with Gasteiger partial charge in [-0.05, 0) is 49.9 Å². The number of pyridine rings is 1. The summed E-state index contributed by atoms with van der Waals surface area (Å²) in [5.41, 5.74) is 11.9. The molecule has 1 atom stereocenters. The molecule has 2 fully saturated rings. The second-order valence-electron chi connectivity index (χ2n) is 8.60. The standard InChI is InChI=1S/C22H28FN7O3/c23-17-12-16(3-4-18(17)29-9-1-2-14(13-29)21(25)31)26-22-19(30(32)33)5-6-20(27-22)28-10-7-15(24)8-11-28/h3-6,12,14-15H,1-2,7-11,13,24H2,(H2,25,31)(H,26,27). The first-order valence-corrected chi connectivity index (χ1v) is 11.1. The highest BCUT2D eigenvalue weighted by Gasteiger charge is 2.26. The lowest BCUT2D eigenvalue weighted by Crippen LogP contribution is -2.41. The number of hydrogen-bond acceptors (Lipinski definition) is 8. The molecular formula is C22H28FN7O3. The van der Waals surface area contributed by atoms with Gasteiger partial charge in [-0.15, -0.1) is 0 Å². The van der Waals surface area contributed by atoms with Crippen LogP contribution in [0.5, 0.6) is 0 Å². The Morgan fingerprint density at radius 2 is 1.91 bits per heavy atom. The van der Waals surface area contributed by atoms with Gasteiger partial charge in [0.1, 0.15) is 11.6 Å². The van der Waals surface area contributed by atoms with Crippen LogP contribution in [-0.4, -0.2) is 48.0 Å². The molecule has 2 aromatic rings. The van der Waals surface area contributed by atoms with E-state index in [1.54, 1.807) is 23.1 Å². The molecule has 176 valence electrons. The van der Waals surface area contributed by atoms with Crippen molar-refractivity contribution in [1.82, 2.24) is 4.98 Å². The Morgan fingerprint density at radius 1 is 1.15 bits per heavy atom. The highest BCUT2D eigenvalue weighted by molar-refractivity contribution is 5.78. The summed E-state index contributed by atoms with van der Waals surface area (Å²) in [6.45, 7) is 2.43. The lowest BCUT2D eigenvalue weighted by Gasteiger charge is -2.33. The Balaban J connectivity index is 1.55. The summed E-state index contributed by atoms with van der Waals surface area (Å²) in [4.78, 5) is 30.8. The van der Waals surface area contributed by atoms with Crippen LogP contribution in [0.3, 0.4) is 0 Å². The van der Waals surface area contributed by atoms with E-state index in [9.17, 15) is 19.3 Å². The maximum absolute atomic E-state index is 15.0. The fourth-order valence-corrected chi connectivity index (χ4v) is 4.39. The van der Waals surface area contributed by atoms with Gasteiger partial charge in [-0.25, -0.2) is 9.37 Å². The van der Waals surface area contributed by atoms with Crippen molar-refractivity contribution in [3.05, 3.63) is 46.3 Å². The van der Waals surface area contributed by atoms with Crippen LogP contribution >= 0.6 is 0 Å². The molecule has 5 N–H and O–H groups in total. The lowest BCUT2D eigenvalue weighted by molar-refractivity contribution is -0.384. The van der Waals surface area contributed by atoms with Crippen LogP contribution in [0, 0.1) is 21.8 Å². The first kappa shape index (κ1) is 22.7. The van der Waals surface area contributed by atoms with E-state index in [4.69, 9.17) is 11.5 Å². The van der Waals surface area contributed by atoms with Crippen LogP contribution in [0.4, 0.5) is 33.1 Å². The average Bonchev–Trinajstić information content (AvgIpc) is 2.79. The number of carbonyl (C=O) groups is 1. The van der Waals surface area contributed by atoms with Crippen molar-refractivity contribution >= 4 is 34.6 Å². The summed E-state index contributed by atoms with van der Waals surface area (Å²) >= 11 is 0. The minimum atomic E-state index is -0.520. The van der Waals surface area contributed by atoms with Gasteiger partial charge in [0.15, 0.2) is 0 Å². The number of nitrogens with zero attached hydrogens (tertiary/aromatic N) is 4. The van der Waals surface area contributed by atoms with Crippen LogP contribution in [0.25, 0.3) is 0 Å². The molecule has 4 rings (SSSR count). The van der Waals surface area contributed by atoms with Crippen LogP contribution < -0.4 is 26.6 Å². The molecule has 10 nitrogen and oxygen atoms in total. The van der Waals surface area contributed by atoms with Gasteiger partial charge in [0.25, 0.3) is 0 Å². The van der Waals surface area contributed by atoms with Gasteiger partial charge >= 0.3 is 5.69 Å². The Morgan fingerprint density at radius 3 is 2.58 bits per heavy atom. The van der Waals surface area contributed by atoms with Crippen LogP contribution in [0.1, 0.15) is 25.7 Å². The maximum Gasteiger partial charge on any atom is 0.311 e. The molecular weight excluding hydrogens is 429 g/mol. The summed E-state index contributed by atoms with van der Waals surface area (Å²) in [6.07, 6.45) is 3.08. The number of anilines is 4. The van der Waals surface area contributed by atoms with Crippen LogP contribution in [0.2, 0.25) is 0 Å². The molecule has 3 heterocycles. The third kappa shape index (κ3) is 5.14. The van der Waals surface area contributed by atoms with Crippen molar-refractivity contribution in [3.63, 3.8) is 0 Å². The molecule has 0 spiro atoms. The molecule has 11 heteroatoms. The molecule has 1 aromatic carbocycles. The number of halogens is 1. The molecule has 0 radical (unpaired) electrons. The third-order valence-electron chi connectivity index (χ3n) is 6.29. The zero-order valence-corrected chi connectivity index (χ0v) is 18.2. The first-order valence-electron chi connectivity index (χ1n) is 11.1. The number of nitrogens with two attached hydrogens (primary N) is 2. The minimum Gasteiger partial charge on any atom is -0.369 e. The van der Waals surface area contributed by atoms with Crippen molar-refractivity contribution in [2.24, 2.45) is 17.4 Å². The van der Waals surface area contributed by atoms with E-state index < -0.39 is 10.7 Å². The van der Waals surface area contributed by atoms with Gasteiger partial charge in [-0.3, -0.25) is 14.9 Å². The van der Waals surface area contributed by atoms with Crippen molar-refractivity contribution in [2.75, 3.05) is 41.3 Å². The van der Waals surface area contributed by atoms with Crippen molar-refractivity contribution in [2.45, 2.75) is 31.7 Å². The molecule has 1 unspecified atom stereocenters. The number of nitrogens with one attached hydrogen (secondary N) is 1. The maximum atomic E-state index is 15.0. The second kappa shape index (κ2) is 9.57. The fourth-order valence-electron chi connectivity index (χ4n) is 4.39. The monoisotopic (exact) mass is 457 g/mol. The molecule has 2 aliphatic heterocycles. The SMILES string of the molecule is NC(=O)C1CCCN(c2ccc(Nc3nc(N4CCC(N)CC4)ccc3[N+](=O)[O-])cc2F)C1. The smallest absolute Gasteiger partial charge is 0.311 e. The van der Waals surface area contributed by atoms with Gasteiger partial charge in [0.05, 0.1) is 16.5 Å². The summed E-state index contributed by atoms with van der Waals surface area (Å²) in [6, 6.07) is 7.70. The summed E-state index contributed by atoms with van der Waals surface area (Å²) < 4.78 is 15.0. The number of hydrogen-bond donors (Lipinski definition) is 3. The Hall–Kier alpha value is -3.47. The molecule has 2 saturated heterocycles. The number of piperidine rings is 2. The largest absolute Gasteiger partial charge is 0.369 e. The van der Waals surface area contributed by atoms with Crippen molar-refractivity contribution in [1.29, 1.82) is 0 Å². The van der Waals surface area contributed by atoms with Gasteiger partial charge < -0.3 is 26.6 Å². The van der Waals surface area contributed by atoms with E-state index in [0.717, 1.165) is 32.4 Å². The number of amides is 1. The van der Waals surface area contributed by atoms with Crippen molar-refractivity contribution < 1.29 is 14.1 Å². The second-order valence-corrected chi connectivity index (χ2v) is 8.60. The van der Waals surface area contributed by atoms with E-state index in [1.807, 2.05) is 4.90 Å². The Kier molecular flexibility index (Phi) is 6.59. The lowest BCUT2D eigenvalue weighted by atomic mass is 9.97. The van der Waals surface area contributed by atoms with Crippen LogP contribution in [0.15, 0.2) is 30.3 Å². The Bertz CT molecular complexity index is 1040. The normalized spacial score (nSPS) is 19.4. The van der Waals surface area contributed by atoms with Gasteiger partial charge in [0.2, 0.25) is 11.7 Å². The predicted octanol–water partition coefficient (Wildman–Crippen LogP) is 2.50. The molecule has 0 bridgehead atoms. The van der Waals surface area contributed by atoms with E-state index in [2.05, 4.69) is 10.3 Å². The van der Waals surface area contributed by atoms with Gasteiger partial charge in [0, 0.05) is 44.0 Å².